The summed E-state index contributed by atoms with van der Waals surface area (Å²) < 4.78 is 6.48. The minimum atomic E-state index is 0.632. The molecule has 0 amide bonds. The molecule has 12 rings (SSSR count). The lowest BCUT2D eigenvalue weighted by Gasteiger charge is -2.27. The van der Waals surface area contributed by atoms with E-state index < -0.39 is 0 Å². The second-order valence-corrected chi connectivity index (χ2v) is 16.0. The lowest BCUT2D eigenvalue weighted by molar-refractivity contribution is 0.623. The second-order valence-electron chi connectivity index (χ2n) is 16.0. The maximum Gasteiger partial charge on any atom is 0.227 e. The van der Waals surface area contributed by atoms with Crippen LogP contribution in [0.1, 0.15) is 0 Å². The van der Waals surface area contributed by atoms with E-state index in [2.05, 4.69) is 235 Å². The smallest absolute Gasteiger partial charge is 0.227 e. The first-order valence-electron chi connectivity index (χ1n) is 21.1. The number of hydrogen-bond acceptors (Lipinski definition) is 3. The molecule has 0 aliphatic rings. The highest BCUT2D eigenvalue weighted by Gasteiger charge is 2.17. The fourth-order valence-electron chi connectivity index (χ4n) is 9.07. The average Bonchev–Trinajstić information content (AvgIpc) is 3.79. The zero-order valence-electron chi connectivity index (χ0n) is 33.7. The Hall–Kier alpha value is -8.27. The Balaban J connectivity index is 0.925. The molecule has 0 bridgehead atoms. The Morgan fingerprint density at radius 2 is 0.839 bits per heavy atom. The summed E-state index contributed by atoms with van der Waals surface area (Å²) in [7, 11) is 0. The van der Waals surface area contributed by atoms with E-state index in [-0.39, 0.29) is 0 Å². The maximum absolute atomic E-state index is 6.48. The van der Waals surface area contributed by atoms with E-state index in [1.54, 1.807) is 0 Å². The van der Waals surface area contributed by atoms with E-state index >= 15 is 0 Å². The first kappa shape index (κ1) is 35.7. The standard InChI is InChI=1S/C59H38N2O/c1-3-13-43-34-47(24-22-39(43)10-1)45-16-7-18-52(37-45)61(53-19-8-17-48(38-53)55-21-9-15-42-12-5-6-20-54(42)55)51-30-26-41(27-31-51)46-28-32-56-49(35-46)29-33-57-58(56)62-59(60-57)50-25-23-40-11-2-4-14-44(40)36-50/h1-38H. The molecule has 1 aromatic heterocycles. The first-order valence-corrected chi connectivity index (χ1v) is 21.1. The zero-order valence-corrected chi connectivity index (χ0v) is 33.7. The van der Waals surface area contributed by atoms with Crippen LogP contribution in [-0.4, -0.2) is 4.98 Å². The van der Waals surface area contributed by atoms with Crippen LogP contribution in [-0.2, 0) is 0 Å². The Bertz CT molecular complexity index is 3650. The highest BCUT2D eigenvalue weighted by molar-refractivity contribution is 6.05. The van der Waals surface area contributed by atoms with Gasteiger partial charge in [0.05, 0.1) is 0 Å². The van der Waals surface area contributed by atoms with Crippen molar-refractivity contribution in [3.8, 4) is 44.8 Å². The molecule has 3 nitrogen and oxygen atoms in total. The molecule has 0 N–H and O–H groups in total. The molecule has 0 atom stereocenters. The molecule has 0 aliphatic heterocycles. The van der Waals surface area contributed by atoms with E-state index in [1.165, 1.54) is 54.6 Å². The van der Waals surface area contributed by atoms with Crippen molar-refractivity contribution in [2.75, 3.05) is 4.90 Å². The molecule has 290 valence electrons. The number of nitrogens with zero attached hydrogens (tertiary/aromatic N) is 2. The van der Waals surface area contributed by atoms with Crippen LogP contribution >= 0.6 is 0 Å². The Labute approximate surface area is 359 Å². The number of aromatic nitrogens is 1. The lowest BCUT2D eigenvalue weighted by Crippen LogP contribution is -2.10. The highest BCUT2D eigenvalue weighted by Crippen LogP contribution is 2.41. The summed E-state index contributed by atoms with van der Waals surface area (Å²) in [5.41, 5.74) is 12.9. The molecular weight excluding hydrogens is 753 g/mol. The molecule has 0 saturated carbocycles. The Kier molecular flexibility index (Phi) is 8.50. The Morgan fingerprint density at radius 1 is 0.306 bits per heavy atom. The van der Waals surface area contributed by atoms with Crippen LogP contribution < -0.4 is 4.90 Å². The molecule has 11 aromatic carbocycles. The van der Waals surface area contributed by atoms with Crippen molar-refractivity contribution >= 4 is 71.3 Å². The molecule has 0 aliphatic carbocycles. The van der Waals surface area contributed by atoms with Gasteiger partial charge in [-0.05, 0) is 144 Å². The van der Waals surface area contributed by atoms with Crippen molar-refractivity contribution in [3.63, 3.8) is 0 Å². The number of oxazole rings is 1. The van der Waals surface area contributed by atoms with Crippen molar-refractivity contribution in [2.24, 2.45) is 0 Å². The monoisotopic (exact) mass is 790 g/mol. The van der Waals surface area contributed by atoms with Gasteiger partial charge in [0.15, 0.2) is 5.58 Å². The van der Waals surface area contributed by atoms with Gasteiger partial charge in [-0.3, -0.25) is 0 Å². The molecular formula is C59H38N2O. The van der Waals surface area contributed by atoms with E-state index in [1.807, 2.05) is 0 Å². The van der Waals surface area contributed by atoms with Crippen LogP contribution in [0.2, 0.25) is 0 Å². The Morgan fingerprint density at radius 3 is 1.61 bits per heavy atom. The molecule has 0 saturated heterocycles. The summed E-state index contributed by atoms with van der Waals surface area (Å²) in [6.45, 7) is 0. The maximum atomic E-state index is 6.48. The molecule has 0 spiro atoms. The van der Waals surface area contributed by atoms with Gasteiger partial charge in [0.1, 0.15) is 5.52 Å². The van der Waals surface area contributed by atoms with Gasteiger partial charge in [-0.25, -0.2) is 4.98 Å². The number of rotatable bonds is 7. The number of anilines is 3. The van der Waals surface area contributed by atoms with Crippen LogP contribution in [0, 0.1) is 0 Å². The number of hydrogen-bond donors (Lipinski definition) is 0. The summed E-state index contributed by atoms with van der Waals surface area (Å²) in [6, 6.07) is 82.7. The van der Waals surface area contributed by atoms with Gasteiger partial charge in [0.25, 0.3) is 0 Å². The predicted octanol–water partition coefficient (Wildman–Crippen LogP) is 16.6. The molecule has 1 heterocycles. The van der Waals surface area contributed by atoms with Gasteiger partial charge in [-0.15, -0.1) is 0 Å². The predicted molar refractivity (Wildman–Crippen MR) is 260 cm³/mol. The normalized spacial score (nSPS) is 11.5. The van der Waals surface area contributed by atoms with Gasteiger partial charge >= 0.3 is 0 Å². The number of benzene rings is 11. The molecule has 0 radical (unpaired) electrons. The minimum absolute atomic E-state index is 0.632. The van der Waals surface area contributed by atoms with Crippen molar-refractivity contribution in [1.82, 2.24) is 4.98 Å². The second kappa shape index (κ2) is 14.8. The highest BCUT2D eigenvalue weighted by atomic mass is 16.3. The van der Waals surface area contributed by atoms with E-state index in [4.69, 9.17) is 9.40 Å². The zero-order chi connectivity index (χ0) is 41.0. The summed E-state index contributed by atoms with van der Waals surface area (Å²) in [5.74, 6) is 0.632. The fraction of sp³-hybridized carbons (Fsp3) is 0. The van der Waals surface area contributed by atoms with E-state index in [9.17, 15) is 0 Å². The third kappa shape index (κ3) is 6.36. The average molecular weight is 791 g/mol. The molecule has 0 unspecified atom stereocenters. The number of fused-ring (bicyclic) bond motifs is 6. The van der Waals surface area contributed by atoms with Crippen LogP contribution in [0.15, 0.2) is 235 Å². The summed E-state index contributed by atoms with van der Waals surface area (Å²) in [4.78, 5) is 7.27. The first-order chi connectivity index (χ1) is 30.7. The molecule has 12 aromatic rings. The van der Waals surface area contributed by atoms with Crippen molar-refractivity contribution in [3.05, 3.63) is 231 Å². The van der Waals surface area contributed by atoms with Gasteiger partial charge in [0.2, 0.25) is 5.89 Å². The summed E-state index contributed by atoms with van der Waals surface area (Å²) in [6.07, 6.45) is 0. The molecule has 62 heavy (non-hydrogen) atoms. The van der Waals surface area contributed by atoms with Crippen molar-refractivity contribution < 1.29 is 4.42 Å². The van der Waals surface area contributed by atoms with Crippen molar-refractivity contribution in [2.45, 2.75) is 0 Å². The van der Waals surface area contributed by atoms with E-state index in [0.29, 0.717) is 5.89 Å². The van der Waals surface area contributed by atoms with Gasteiger partial charge < -0.3 is 9.32 Å². The largest absolute Gasteiger partial charge is 0.435 e. The quantitative estimate of drug-likeness (QED) is 0.161. The molecule has 0 fully saturated rings. The van der Waals surface area contributed by atoms with Gasteiger partial charge in [-0.2, -0.15) is 0 Å². The van der Waals surface area contributed by atoms with Gasteiger partial charge in [-0.1, -0.05) is 158 Å². The SMILES string of the molecule is c1cc(-c2ccc3ccccc3c2)cc(N(c2ccc(-c3ccc4c(ccc5nc(-c6ccc7ccccc7c6)oc54)c3)cc2)c2cccc(-c3cccc4ccccc34)c2)c1. The summed E-state index contributed by atoms with van der Waals surface area (Å²) >= 11 is 0. The van der Waals surface area contributed by atoms with Gasteiger partial charge in [0, 0.05) is 28.0 Å². The van der Waals surface area contributed by atoms with Crippen LogP contribution in [0.3, 0.4) is 0 Å². The fourth-order valence-corrected chi connectivity index (χ4v) is 9.07. The van der Waals surface area contributed by atoms with Crippen LogP contribution in [0.5, 0.6) is 0 Å². The summed E-state index contributed by atoms with van der Waals surface area (Å²) in [5, 5.41) is 9.46. The van der Waals surface area contributed by atoms with E-state index in [0.717, 1.165) is 55.6 Å². The molecule has 3 heteroatoms. The van der Waals surface area contributed by atoms with Crippen LogP contribution in [0.25, 0.3) is 99.0 Å². The topological polar surface area (TPSA) is 29.3 Å². The lowest BCUT2D eigenvalue weighted by atomic mass is 9.97. The third-order valence-corrected chi connectivity index (χ3v) is 12.2. The van der Waals surface area contributed by atoms with Crippen molar-refractivity contribution in [1.29, 1.82) is 0 Å². The minimum Gasteiger partial charge on any atom is -0.435 e. The third-order valence-electron chi connectivity index (χ3n) is 12.2. The van der Waals surface area contributed by atoms with Crippen LogP contribution in [0.4, 0.5) is 17.1 Å².